The van der Waals surface area contributed by atoms with Gasteiger partial charge in [-0.25, -0.2) is 0 Å². The van der Waals surface area contributed by atoms with Gasteiger partial charge in [0, 0.05) is 18.5 Å². The number of ether oxygens (including phenoxy) is 3. The van der Waals surface area contributed by atoms with E-state index in [9.17, 15) is 0 Å². The van der Waals surface area contributed by atoms with E-state index in [1.807, 2.05) is 24.3 Å². The summed E-state index contributed by atoms with van der Waals surface area (Å²) in [5, 5.41) is 0. The van der Waals surface area contributed by atoms with E-state index in [4.69, 9.17) is 19.9 Å². The molecule has 1 aromatic rings. The summed E-state index contributed by atoms with van der Waals surface area (Å²) in [6, 6.07) is 7.85. The van der Waals surface area contributed by atoms with E-state index in [0.717, 1.165) is 37.6 Å². The van der Waals surface area contributed by atoms with Gasteiger partial charge in [-0.05, 0) is 6.07 Å². The second-order valence-corrected chi connectivity index (χ2v) is 4.04. The van der Waals surface area contributed by atoms with Gasteiger partial charge in [-0.3, -0.25) is 0 Å². The molecule has 4 heteroatoms. The first-order valence-corrected chi connectivity index (χ1v) is 6.00. The lowest BCUT2D eigenvalue weighted by atomic mass is 10.2. The van der Waals surface area contributed by atoms with Gasteiger partial charge < -0.3 is 19.9 Å². The standard InChI is InChI=1S/C13H19NO3/c14-8-11-4-1-2-5-13(11)17-7-3-6-16-12-9-15-10-12/h1-2,4-5,12H,3,6-10,14H2. The summed E-state index contributed by atoms with van der Waals surface area (Å²) in [7, 11) is 0. The van der Waals surface area contributed by atoms with Crippen molar-refractivity contribution in [3.8, 4) is 5.75 Å². The monoisotopic (exact) mass is 237 g/mol. The number of hydrogen-bond donors (Lipinski definition) is 1. The summed E-state index contributed by atoms with van der Waals surface area (Å²) in [5.41, 5.74) is 6.67. The molecule has 1 aromatic carbocycles. The van der Waals surface area contributed by atoms with E-state index in [1.54, 1.807) is 0 Å². The molecule has 0 bridgehead atoms. The van der Waals surface area contributed by atoms with Crippen molar-refractivity contribution in [1.82, 2.24) is 0 Å². The first-order valence-electron chi connectivity index (χ1n) is 6.00. The third-order valence-corrected chi connectivity index (χ3v) is 2.70. The average Bonchev–Trinajstić information content (AvgIpc) is 2.32. The maximum atomic E-state index is 5.67. The third kappa shape index (κ3) is 3.70. The maximum Gasteiger partial charge on any atom is 0.123 e. The Morgan fingerprint density at radius 2 is 2.06 bits per heavy atom. The Morgan fingerprint density at radius 3 is 2.76 bits per heavy atom. The molecule has 0 amide bonds. The lowest BCUT2D eigenvalue weighted by molar-refractivity contribution is -0.130. The van der Waals surface area contributed by atoms with E-state index < -0.39 is 0 Å². The van der Waals surface area contributed by atoms with Crippen LogP contribution in [0.4, 0.5) is 0 Å². The Kier molecular flexibility index (Phi) is 4.79. The van der Waals surface area contributed by atoms with Crippen molar-refractivity contribution in [2.24, 2.45) is 5.73 Å². The Bertz CT molecular complexity index is 339. The molecule has 4 nitrogen and oxygen atoms in total. The van der Waals surface area contributed by atoms with Crippen LogP contribution in [0, 0.1) is 0 Å². The topological polar surface area (TPSA) is 53.7 Å². The van der Waals surface area contributed by atoms with Crippen LogP contribution in [-0.2, 0) is 16.0 Å². The molecule has 94 valence electrons. The zero-order valence-corrected chi connectivity index (χ0v) is 9.93. The molecule has 2 rings (SSSR count). The van der Waals surface area contributed by atoms with Crippen molar-refractivity contribution >= 4 is 0 Å². The number of nitrogens with two attached hydrogens (primary N) is 1. The fraction of sp³-hybridized carbons (Fsp3) is 0.538. The van der Waals surface area contributed by atoms with Gasteiger partial charge in [-0.1, -0.05) is 18.2 Å². The van der Waals surface area contributed by atoms with Crippen molar-refractivity contribution in [2.45, 2.75) is 19.1 Å². The summed E-state index contributed by atoms with van der Waals surface area (Å²) in [6.07, 6.45) is 1.18. The molecule has 1 fully saturated rings. The molecule has 0 radical (unpaired) electrons. The average molecular weight is 237 g/mol. The Balaban J connectivity index is 1.63. The van der Waals surface area contributed by atoms with Crippen LogP contribution in [0.2, 0.25) is 0 Å². The molecule has 0 unspecified atom stereocenters. The predicted octanol–water partition coefficient (Wildman–Crippen LogP) is 1.33. The molecule has 2 N–H and O–H groups in total. The summed E-state index contributed by atoms with van der Waals surface area (Å²) in [5.74, 6) is 0.877. The smallest absolute Gasteiger partial charge is 0.123 e. The van der Waals surface area contributed by atoms with Gasteiger partial charge in [0.05, 0.1) is 26.4 Å². The van der Waals surface area contributed by atoms with E-state index >= 15 is 0 Å². The van der Waals surface area contributed by atoms with Crippen LogP contribution < -0.4 is 10.5 Å². The van der Waals surface area contributed by atoms with Crippen LogP contribution in [0.1, 0.15) is 12.0 Å². The molecular formula is C13H19NO3. The predicted molar refractivity (Wildman–Crippen MR) is 65.0 cm³/mol. The maximum absolute atomic E-state index is 5.67. The number of hydrogen-bond acceptors (Lipinski definition) is 4. The van der Waals surface area contributed by atoms with Crippen LogP contribution in [0.5, 0.6) is 5.75 Å². The molecule has 0 aromatic heterocycles. The lowest BCUT2D eigenvalue weighted by Gasteiger charge is -2.25. The van der Waals surface area contributed by atoms with Gasteiger partial charge in [-0.2, -0.15) is 0 Å². The molecule has 1 aliphatic heterocycles. The molecule has 0 atom stereocenters. The van der Waals surface area contributed by atoms with Gasteiger partial charge >= 0.3 is 0 Å². The number of para-hydroxylation sites is 1. The van der Waals surface area contributed by atoms with Crippen molar-refractivity contribution in [3.63, 3.8) is 0 Å². The van der Waals surface area contributed by atoms with Crippen molar-refractivity contribution in [3.05, 3.63) is 29.8 Å². The summed E-state index contributed by atoms with van der Waals surface area (Å²) in [6.45, 7) is 3.35. The second kappa shape index (κ2) is 6.59. The van der Waals surface area contributed by atoms with Crippen molar-refractivity contribution in [1.29, 1.82) is 0 Å². The van der Waals surface area contributed by atoms with E-state index in [2.05, 4.69) is 0 Å². The highest BCUT2D eigenvalue weighted by Gasteiger charge is 2.17. The molecule has 1 heterocycles. The Hall–Kier alpha value is -1.10. The summed E-state index contributed by atoms with van der Waals surface area (Å²) >= 11 is 0. The van der Waals surface area contributed by atoms with Gasteiger partial charge in [0.25, 0.3) is 0 Å². The fourth-order valence-electron chi connectivity index (χ4n) is 1.61. The second-order valence-electron chi connectivity index (χ2n) is 4.04. The minimum atomic E-state index is 0.298. The highest BCUT2D eigenvalue weighted by Crippen LogP contribution is 2.17. The zero-order valence-electron chi connectivity index (χ0n) is 9.93. The molecule has 0 saturated carbocycles. The molecule has 0 spiro atoms. The van der Waals surface area contributed by atoms with Crippen LogP contribution >= 0.6 is 0 Å². The molecule has 17 heavy (non-hydrogen) atoms. The molecule has 1 saturated heterocycles. The van der Waals surface area contributed by atoms with Gasteiger partial charge in [0.2, 0.25) is 0 Å². The SMILES string of the molecule is NCc1ccccc1OCCCOC1COC1. The quantitative estimate of drug-likeness (QED) is 0.727. The highest BCUT2D eigenvalue weighted by molar-refractivity contribution is 5.32. The first kappa shape index (κ1) is 12.4. The highest BCUT2D eigenvalue weighted by atomic mass is 16.6. The van der Waals surface area contributed by atoms with Gasteiger partial charge in [0.15, 0.2) is 0 Å². The normalized spacial score (nSPS) is 15.6. The van der Waals surface area contributed by atoms with Crippen LogP contribution in [0.3, 0.4) is 0 Å². The van der Waals surface area contributed by atoms with Crippen LogP contribution in [0.15, 0.2) is 24.3 Å². The van der Waals surface area contributed by atoms with Gasteiger partial charge in [0.1, 0.15) is 11.9 Å². The van der Waals surface area contributed by atoms with Crippen LogP contribution in [-0.4, -0.2) is 32.5 Å². The molecule has 0 aliphatic carbocycles. The fourth-order valence-corrected chi connectivity index (χ4v) is 1.61. The van der Waals surface area contributed by atoms with E-state index in [1.165, 1.54) is 0 Å². The summed E-state index contributed by atoms with van der Waals surface area (Å²) < 4.78 is 16.2. The zero-order chi connectivity index (χ0) is 11.9. The van der Waals surface area contributed by atoms with Crippen molar-refractivity contribution in [2.75, 3.05) is 26.4 Å². The Morgan fingerprint density at radius 1 is 1.24 bits per heavy atom. The van der Waals surface area contributed by atoms with Gasteiger partial charge in [-0.15, -0.1) is 0 Å². The largest absolute Gasteiger partial charge is 0.493 e. The first-order chi connectivity index (χ1) is 8.40. The Labute approximate surface area is 102 Å². The van der Waals surface area contributed by atoms with Crippen LogP contribution in [0.25, 0.3) is 0 Å². The molecular weight excluding hydrogens is 218 g/mol. The molecule has 1 aliphatic rings. The minimum Gasteiger partial charge on any atom is -0.493 e. The number of rotatable bonds is 7. The summed E-state index contributed by atoms with van der Waals surface area (Å²) in [4.78, 5) is 0. The number of benzene rings is 1. The third-order valence-electron chi connectivity index (χ3n) is 2.70. The lowest BCUT2D eigenvalue weighted by Crippen LogP contribution is -2.36. The van der Waals surface area contributed by atoms with E-state index in [0.29, 0.717) is 19.3 Å². The van der Waals surface area contributed by atoms with Crippen molar-refractivity contribution < 1.29 is 14.2 Å². The van der Waals surface area contributed by atoms with E-state index in [-0.39, 0.29) is 0 Å². The minimum absolute atomic E-state index is 0.298.